The Morgan fingerprint density at radius 1 is 1.06 bits per heavy atom. The van der Waals surface area contributed by atoms with Crippen molar-refractivity contribution in [3.05, 3.63) is 65.5 Å². The highest BCUT2D eigenvalue weighted by Crippen LogP contribution is 2.30. The number of hydrogen-bond donors (Lipinski definition) is 3. The number of aromatic nitrogens is 1. The third-order valence-corrected chi connectivity index (χ3v) is 5.22. The lowest BCUT2D eigenvalue weighted by Crippen LogP contribution is -2.30. The van der Waals surface area contributed by atoms with Crippen LogP contribution in [-0.2, 0) is 11.2 Å². The average Bonchev–Trinajstić information content (AvgIpc) is 3.50. The molecule has 1 aliphatic carbocycles. The SMILES string of the molecule is Cc1ccc(-c2nc(CCNC(=O)Nc3cc(NC(=O)C4CC4)ccc3C)co2)cc1. The number of nitrogens with one attached hydrogen (secondary N) is 3. The van der Waals surface area contributed by atoms with E-state index >= 15 is 0 Å². The van der Waals surface area contributed by atoms with Crippen molar-refractivity contribution in [2.75, 3.05) is 17.2 Å². The highest BCUT2D eigenvalue weighted by molar-refractivity contribution is 5.96. The second-order valence-corrected chi connectivity index (χ2v) is 7.93. The van der Waals surface area contributed by atoms with Crippen molar-refractivity contribution >= 4 is 23.3 Å². The summed E-state index contributed by atoms with van der Waals surface area (Å²) in [4.78, 5) is 28.7. The van der Waals surface area contributed by atoms with Crippen LogP contribution in [0.25, 0.3) is 11.5 Å². The molecule has 0 aliphatic heterocycles. The Hall–Kier alpha value is -3.61. The van der Waals surface area contributed by atoms with Crippen molar-refractivity contribution in [3.8, 4) is 11.5 Å². The molecule has 1 heterocycles. The summed E-state index contributed by atoms with van der Waals surface area (Å²) in [6, 6.07) is 13.2. The number of carbonyl (C=O) groups is 2. The van der Waals surface area contributed by atoms with Gasteiger partial charge in [0.2, 0.25) is 11.8 Å². The summed E-state index contributed by atoms with van der Waals surface area (Å²) in [5.41, 5.74) is 5.14. The fourth-order valence-corrected chi connectivity index (χ4v) is 3.15. The van der Waals surface area contributed by atoms with Crippen molar-refractivity contribution in [2.24, 2.45) is 5.92 Å². The molecule has 0 radical (unpaired) electrons. The van der Waals surface area contributed by atoms with Crippen LogP contribution >= 0.6 is 0 Å². The highest BCUT2D eigenvalue weighted by atomic mass is 16.3. The van der Waals surface area contributed by atoms with Crippen LogP contribution in [0.3, 0.4) is 0 Å². The largest absolute Gasteiger partial charge is 0.444 e. The summed E-state index contributed by atoms with van der Waals surface area (Å²) in [5, 5.41) is 8.58. The Morgan fingerprint density at radius 3 is 2.58 bits per heavy atom. The molecule has 7 heteroatoms. The summed E-state index contributed by atoms with van der Waals surface area (Å²) in [6.45, 7) is 4.36. The standard InChI is InChI=1S/C24H26N4O3/c1-15-3-6-18(7-4-15)23-27-20(14-31-23)11-12-25-24(30)28-21-13-19(10-5-16(21)2)26-22(29)17-8-9-17/h3-7,10,13-14,17H,8-9,11-12H2,1-2H3,(H,26,29)(H2,25,28,30). The molecule has 7 nitrogen and oxygen atoms in total. The van der Waals surface area contributed by atoms with E-state index in [9.17, 15) is 9.59 Å². The minimum Gasteiger partial charge on any atom is -0.444 e. The Bertz CT molecular complexity index is 1080. The molecule has 1 saturated carbocycles. The smallest absolute Gasteiger partial charge is 0.319 e. The molecule has 3 aromatic rings. The van der Waals surface area contributed by atoms with E-state index in [0.717, 1.165) is 29.7 Å². The molecule has 1 aliphatic rings. The molecule has 0 atom stereocenters. The summed E-state index contributed by atoms with van der Waals surface area (Å²) < 4.78 is 5.55. The monoisotopic (exact) mass is 418 g/mol. The number of urea groups is 1. The lowest BCUT2D eigenvalue weighted by Gasteiger charge is -2.12. The molecule has 3 N–H and O–H groups in total. The van der Waals surface area contributed by atoms with Crippen molar-refractivity contribution in [1.29, 1.82) is 0 Å². The van der Waals surface area contributed by atoms with E-state index in [1.165, 1.54) is 5.56 Å². The topological polar surface area (TPSA) is 96.3 Å². The number of oxazole rings is 1. The van der Waals surface area contributed by atoms with Crippen molar-refractivity contribution in [1.82, 2.24) is 10.3 Å². The molecule has 1 aromatic heterocycles. The second kappa shape index (κ2) is 9.04. The molecule has 3 amide bonds. The number of rotatable bonds is 7. The van der Waals surface area contributed by atoms with Crippen LogP contribution in [0, 0.1) is 19.8 Å². The number of benzene rings is 2. The van der Waals surface area contributed by atoms with Gasteiger partial charge in [-0.25, -0.2) is 9.78 Å². The lowest BCUT2D eigenvalue weighted by molar-refractivity contribution is -0.117. The highest BCUT2D eigenvalue weighted by Gasteiger charge is 2.29. The predicted octanol–water partition coefficient (Wildman–Crippen LogP) is 4.67. The molecule has 0 spiro atoms. The number of carbonyl (C=O) groups excluding carboxylic acids is 2. The molecule has 31 heavy (non-hydrogen) atoms. The maximum Gasteiger partial charge on any atom is 0.319 e. The number of nitrogens with zero attached hydrogens (tertiary/aromatic N) is 1. The molecular formula is C24H26N4O3. The first-order valence-corrected chi connectivity index (χ1v) is 10.5. The van der Waals surface area contributed by atoms with Gasteiger partial charge in [-0.2, -0.15) is 0 Å². The van der Waals surface area contributed by atoms with Gasteiger partial charge in [-0.3, -0.25) is 4.79 Å². The molecule has 0 unspecified atom stereocenters. The Morgan fingerprint density at radius 2 is 1.84 bits per heavy atom. The maximum atomic E-state index is 12.3. The van der Waals surface area contributed by atoms with E-state index in [-0.39, 0.29) is 17.9 Å². The number of aryl methyl sites for hydroxylation is 2. The van der Waals surface area contributed by atoms with Gasteiger partial charge in [0.05, 0.1) is 5.69 Å². The first-order valence-electron chi connectivity index (χ1n) is 10.5. The van der Waals surface area contributed by atoms with Crippen LogP contribution in [0.5, 0.6) is 0 Å². The predicted molar refractivity (Wildman–Crippen MR) is 120 cm³/mol. The Balaban J connectivity index is 1.27. The van der Waals surface area contributed by atoms with Gasteiger partial charge in [-0.1, -0.05) is 23.8 Å². The maximum absolute atomic E-state index is 12.3. The third-order valence-electron chi connectivity index (χ3n) is 5.22. The van der Waals surface area contributed by atoms with Gasteiger partial charge in [0.25, 0.3) is 0 Å². The van der Waals surface area contributed by atoms with E-state index in [4.69, 9.17) is 4.42 Å². The van der Waals surface area contributed by atoms with Crippen LogP contribution in [-0.4, -0.2) is 23.5 Å². The molecule has 0 saturated heterocycles. The number of amides is 3. The van der Waals surface area contributed by atoms with Gasteiger partial charge >= 0.3 is 6.03 Å². The second-order valence-electron chi connectivity index (χ2n) is 7.93. The molecule has 1 fully saturated rings. The van der Waals surface area contributed by atoms with Gasteiger partial charge in [-0.15, -0.1) is 0 Å². The average molecular weight is 418 g/mol. The normalized spacial score (nSPS) is 13.0. The lowest BCUT2D eigenvalue weighted by atomic mass is 10.1. The Kier molecular flexibility index (Phi) is 6.02. The van der Waals surface area contributed by atoms with E-state index in [2.05, 4.69) is 20.9 Å². The first kappa shape index (κ1) is 20.7. The minimum atomic E-state index is -0.309. The van der Waals surface area contributed by atoms with Crippen LogP contribution < -0.4 is 16.0 Å². The first-order chi connectivity index (χ1) is 15.0. The van der Waals surface area contributed by atoms with Crippen molar-refractivity contribution in [2.45, 2.75) is 33.1 Å². The summed E-state index contributed by atoms with van der Waals surface area (Å²) in [6.07, 6.45) is 4.07. The quantitative estimate of drug-likeness (QED) is 0.519. The van der Waals surface area contributed by atoms with Crippen LogP contribution in [0.1, 0.15) is 29.7 Å². The fraction of sp³-hybridized carbons (Fsp3) is 0.292. The van der Waals surface area contributed by atoms with Crippen LogP contribution in [0.4, 0.5) is 16.2 Å². The van der Waals surface area contributed by atoms with E-state index in [0.29, 0.717) is 30.2 Å². The van der Waals surface area contributed by atoms with Gasteiger partial charge < -0.3 is 20.4 Å². The zero-order valence-electron chi connectivity index (χ0n) is 17.7. The van der Waals surface area contributed by atoms with E-state index in [1.54, 1.807) is 12.3 Å². The summed E-state index contributed by atoms with van der Waals surface area (Å²) in [7, 11) is 0. The van der Waals surface area contributed by atoms with Gasteiger partial charge in [-0.05, 0) is 56.5 Å². The number of anilines is 2. The van der Waals surface area contributed by atoms with Gasteiger partial charge in [0.1, 0.15) is 6.26 Å². The zero-order valence-corrected chi connectivity index (χ0v) is 17.7. The van der Waals surface area contributed by atoms with E-state index < -0.39 is 0 Å². The Labute approximate surface area is 181 Å². The summed E-state index contributed by atoms with van der Waals surface area (Å²) >= 11 is 0. The zero-order chi connectivity index (χ0) is 21.8. The molecule has 4 rings (SSSR count). The minimum absolute atomic E-state index is 0.0388. The number of hydrogen-bond acceptors (Lipinski definition) is 4. The molecule has 0 bridgehead atoms. The molecule has 2 aromatic carbocycles. The molecular weight excluding hydrogens is 392 g/mol. The van der Waals surface area contributed by atoms with Gasteiger partial charge in [0.15, 0.2) is 0 Å². The van der Waals surface area contributed by atoms with Crippen LogP contribution in [0.15, 0.2) is 53.1 Å². The van der Waals surface area contributed by atoms with Crippen molar-refractivity contribution < 1.29 is 14.0 Å². The summed E-state index contributed by atoms with van der Waals surface area (Å²) in [5.74, 6) is 0.737. The van der Waals surface area contributed by atoms with Crippen molar-refractivity contribution in [3.63, 3.8) is 0 Å². The van der Waals surface area contributed by atoms with E-state index in [1.807, 2.05) is 50.2 Å². The van der Waals surface area contributed by atoms with Gasteiger partial charge in [0, 0.05) is 35.8 Å². The van der Waals surface area contributed by atoms with Crippen LogP contribution in [0.2, 0.25) is 0 Å². The third kappa shape index (κ3) is 5.51. The fourth-order valence-electron chi connectivity index (χ4n) is 3.15. The molecule has 160 valence electrons.